The van der Waals surface area contributed by atoms with Crippen molar-refractivity contribution in [3.8, 4) is 0 Å². The molecule has 5 atom stereocenters. The van der Waals surface area contributed by atoms with Gasteiger partial charge in [-0.15, -0.1) is 0 Å². The zero-order valence-corrected chi connectivity index (χ0v) is 17.3. The highest BCUT2D eigenvalue weighted by Gasteiger charge is 2.34. The zero-order chi connectivity index (χ0) is 20.4. The van der Waals surface area contributed by atoms with Crippen LogP contribution in [-0.4, -0.2) is 33.5 Å². The van der Waals surface area contributed by atoms with Crippen LogP contribution in [0.2, 0.25) is 0 Å². The molecule has 0 amide bonds. The van der Waals surface area contributed by atoms with Crippen LogP contribution in [0.3, 0.4) is 0 Å². The Bertz CT molecular complexity index is 559. The Morgan fingerprint density at radius 2 is 1.79 bits per heavy atom. The summed E-state index contributed by atoms with van der Waals surface area (Å²) in [7, 11) is 0. The first kappa shape index (κ1) is 22.9. The van der Waals surface area contributed by atoms with Crippen molar-refractivity contribution < 1.29 is 20.1 Å². The van der Waals surface area contributed by atoms with E-state index in [0.717, 1.165) is 69.8 Å². The van der Waals surface area contributed by atoms with Crippen LogP contribution in [-0.2, 0) is 4.79 Å². The lowest BCUT2D eigenvalue weighted by Gasteiger charge is -2.23. The van der Waals surface area contributed by atoms with Gasteiger partial charge in [0, 0.05) is 0 Å². The average Bonchev–Trinajstić information content (AvgIpc) is 3.03. The number of hydrogen-bond donors (Lipinski definition) is 3. The molecular weight excluding hydrogens is 352 g/mol. The number of benzene rings is 1. The van der Waals surface area contributed by atoms with Crippen molar-refractivity contribution in [2.24, 2.45) is 11.8 Å². The van der Waals surface area contributed by atoms with Crippen LogP contribution in [0.4, 0.5) is 0 Å². The molecule has 1 saturated carbocycles. The molecule has 0 heterocycles. The molecule has 0 radical (unpaired) electrons. The predicted molar refractivity (Wildman–Crippen MR) is 112 cm³/mol. The van der Waals surface area contributed by atoms with Gasteiger partial charge < -0.3 is 15.3 Å². The molecule has 0 aliphatic heterocycles. The van der Waals surface area contributed by atoms with E-state index in [1.165, 1.54) is 0 Å². The number of aliphatic carboxylic acids is 1. The summed E-state index contributed by atoms with van der Waals surface area (Å²) in [6, 6.07) is 9.48. The van der Waals surface area contributed by atoms with Gasteiger partial charge in [0.05, 0.1) is 18.1 Å². The number of unbranched alkanes of at least 4 members (excludes halogenated alkanes) is 2. The summed E-state index contributed by atoms with van der Waals surface area (Å²) in [4.78, 5) is 11.6. The smallest absolute Gasteiger partial charge is 0.310 e. The minimum absolute atomic E-state index is 0.200. The maximum absolute atomic E-state index is 11.6. The molecule has 4 heteroatoms. The summed E-state index contributed by atoms with van der Waals surface area (Å²) in [5, 5.41) is 29.9. The molecule has 0 saturated heterocycles. The van der Waals surface area contributed by atoms with Crippen molar-refractivity contribution in [1.82, 2.24) is 0 Å². The maximum Gasteiger partial charge on any atom is 0.310 e. The van der Waals surface area contributed by atoms with Crippen LogP contribution >= 0.6 is 0 Å². The molecule has 2 rings (SSSR count). The molecule has 3 N–H and O–H groups in total. The van der Waals surface area contributed by atoms with Crippen molar-refractivity contribution in [3.63, 3.8) is 0 Å². The fraction of sp³-hybridized carbons (Fsp3) is 0.708. The lowest BCUT2D eigenvalue weighted by molar-refractivity contribution is -0.139. The van der Waals surface area contributed by atoms with E-state index in [0.29, 0.717) is 18.3 Å². The average molecular weight is 391 g/mol. The lowest BCUT2D eigenvalue weighted by atomic mass is 9.85. The Balaban J connectivity index is 1.71. The fourth-order valence-corrected chi connectivity index (χ4v) is 4.82. The standard InChI is InChI=1S/C24H38O4/c1-2-9-20(25)16-14-19-15-17-23(26)21(19)12-7-4-8-13-22(24(27)28)18-10-5-3-6-11-18/h3,5-6,10-11,19-23,25-26H,2,4,7-9,12-17H2,1H3,(H,27,28)/t19-,20?,21+,22?,23-/m0/s1. The SMILES string of the molecule is CCCC(O)CC[C@H]1CC[C@H](O)[C@@H]1CCCCCC(C(=O)O)c1ccccc1. The monoisotopic (exact) mass is 390 g/mol. The molecule has 0 bridgehead atoms. The van der Waals surface area contributed by atoms with Crippen LogP contribution in [0.15, 0.2) is 30.3 Å². The van der Waals surface area contributed by atoms with E-state index in [2.05, 4.69) is 6.92 Å². The van der Waals surface area contributed by atoms with Crippen molar-refractivity contribution in [3.05, 3.63) is 35.9 Å². The van der Waals surface area contributed by atoms with Gasteiger partial charge in [-0.2, -0.15) is 0 Å². The van der Waals surface area contributed by atoms with E-state index < -0.39 is 11.9 Å². The second kappa shape index (κ2) is 12.2. The molecule has 1 aliphatic carbocycles. The molecule has 1 fully saturated rings. The summed E-state index contributed by atoms with van der Waals surface area (Å²) < 4.78 is 0. The van der Waals surface area contributed by atoms with Gasteiger partial charge in [0.2, 0.25) is 0 Å². The second-order valence-corrected chi connectivity index (χ2v) is 8.53. The number of carboxylic acid groups (broad SMARTS) is 1. The van der Waals surface area contributed by atoms with E-state index in [-0.39, 0.29) is 12.2 Å². The topological polar surface area (TPSA) is 77.8 Å². The molecule has 158 valence electrons. The largest absolute Gasteiger partial charge is 0.481 e. The Morgan fingerprint density at radius 1 is 1.04 bits per heavy atom. The van der Waals surface area contributed by atoms with E-state index in [4.69, 9.17) is 0 Å². The van der Waals surface area contributed by atoms with Crippen LogP contribution in [0.5, 0.6) is 0 Å². The van der Waals surface area contributed by atoms with Gasteiger partial charge in [0.1, 0.15) is 0 Å². The molecule has 0 spiro atoms. The number of hydrogen-bond acceptors (Lipinski definition) is 3. The Morgan fingerprint density at radius 3 is 2.46 bits per heavy atom. The highest BCUT2D eigenvalue weighted by Crippen LogP contribution is 2.39. The van der Waals surface area contributed by atoms with Crippen molar-refractivity contribution >= 4 is 5.97 Å². The van der Waals surface area contributed by atoms with E-state index in [1.807, 2.05) is 30.3 Å². The zero-order valence-electron chi connectivity index (χ0n) is 17.3. The number of carbonyl (C=O) groups is 1. The van der Waals surface area contributed by atoms with E-state index >= 15 is 0 Å². The van der Waals surface area contributed by atoms with E-state index in [9.17, 15) is 20.1 Å². The fourth-order valence-electron chi connectivity index (χ4n) is 4.82. The molecule has 1 aromatic rings. The maximum atomic E-state index is 11.6. The van der Waals surface area contributed by atoms with Gasteiger partial charge in [-0.05, 0) is 62.3 Å². The Labute approximate surface area is 170 Å². The Hall–Kier alpha value is -1.39. The third kappa shape index (κ3) is 7.21. The van der Waals surface area contributed by atoms with Crippen LogP contribution in [0.1, 0.15) is 89.0 Å². The first-order valence-corrected chi connectivity index (χ1v) is 11.2. The summed E-state index contributed by atoms with van der Waals surface area (Å²) in [5.74, 6) is -0.301. The molecule has 2 unspecified atom stereocenters. The summed E-state index contributed by atoms with van der Waals surface area (Å²) >= 11 is 0. The van der Waals surface area contributed by atoms with Crippen LogP contribution in [0.25, 0.3) is 0 Å². The van der Waals surface area contributed by atoms with Gasteiger partial charge in [0.25, 0.3) is 0 Å². The van der Waals surface area contributed by atoms with Gasteiger partial charge >= 0.3 is 5.97 Å². The van der Waals surface area contributed by atoms with Crippen molar-refractivity contribution in [2.45, 2.75) is 95.7 Å². The summed E-state index contributed by atoms with van der Waals surface area (Å²) in [6.45, 7) is 2.10. The minimum Gasteiger partial charge on any atom is -0.481 e. The molecule has 1 aliphatic rings. The number of carboxylic acids is 1. The Kier molecular flexibility index (Phi) is 10.0. The molecule has 0 aromatic heterocycles. The van der Waals surface area contributed by atoms with Crippen molar-refractivity contribution in [2.75, 3.05) is 0 Å². The van der Waals surface area contributed by atoms with Gasteiger partial charge in [-0.3, -0.25) is 4.79 Å². The van der Waals surface area contributed by atoms with Gasteiger partial charge in [-0.1, -0.05) is 62.9 Å². The summed E-state index contributed by atoms with van der Waals surface area (Å²) in [6.07, 6.45) is 9.91. The van der Waals surface area contributed by atoms with E-state index in [1.54, 1.807) is 0 Å². The predicted octanol–water partition coefficient (Wildman–Crippen LogP) is 5.13. The highest BCUT2D eigenvalue weighted by atomic mass is 16.4. The molecule has 1 aromatic carbocycles. The minimum atomic E-state index is -0.747. The van der Waals surface area contributed by atoms with Crippen LogP contribution < -0.4 is 0 Å². The second-order valence-electron chi connectivity index (χ2n) is 8.53. The first-order chi connectivity index (χ1) is 13.5. The normalized spacial score (nSPS) is 24.2. The molecule has 4 nitrogen and oxygen atoms in total. The quantitative estimate of drug-likeness (QED) is 0.408. The molecular formula is C24H38O4. The third-order valence-corrected chi connectivity index (χ3v) is 6.46. The highest BCUT2D eigenvalue weighted by molar-refractivity contribution is 5.75. The lowest BCUT2D eigenvalue weighted by Crippen LogP contribution is -2.20. The number of aliphatic hydroxyl groups excluding tert-OH is 2. The molecule has 28 heavy (non-hydrogen) atoms. The van der Waals surface area contributed by atoms with Gasteiger partial charge in [0.15, 0.2) is 0 Å². The third-order valence-electron chi connectivity index (χ3n) is 6.46. The van der Waals surface area contributed by atoms with Crippen molar-refractivity contribution in [1.29, 1.82) is 0 Å². The first-order valence-electron chi connectivity index (χ1n) is 11.2. The van der Waals surface area contributed by atoms with Crippen LogP contribution in [0, 0.1) is 11.8 Å². The number of aliphatic hydroxyl groups is 2. The summed E-state index contributed by atoms with van der Waals surface area (Å²) in [5.41, 5.74) is 0.881. The van der Waals surface area contributed by atoms with Gasteiger partial charge in [-0.25, -0.2) is 0 Å². The number of rotatable bonds is 13.